The average Bonchev–Trinajstić information content (AvgIpc) is 2.67. The summed E-state index contributed by atoms with van der Waals surface area (Å²) in [5.41, 5.74) is 0.709. The fraction of sp³-hybridized carbons (Fsp3) is 0.250. The van der Waals surface area contributed by atoms with Crippen molar-refractivity contribution >= 4 is 39.4 Å². The van der Waals surface area contributed by atoms with Crippen LogP contribution in [-0.2, 0) is 9.53 Å². The van der Waals surface area contributed by atoms with Gasteiger partial charge < -0.3 is 15.0 Å². The van der Waals surface area contributed by atoms with Crippen molar-refractivity contribution < 1.29 is 23.5 Å². The van der Waals surface area contributed by atoms with Crippen molar-refractivity contribution in [2.24, 2.45) is 0 Å². The lowest BCUT2D eigenvalue weighted by atomic mass is 10.2. The van der Waals surface area contributed by atoms with Crippen LogP contribution in [0.3, 0.4) is 0 Å². The molecule has 0 aliphatic rings. The number of halogens is 2. The Morgan fingerprint density at radius 3 is 2.29 bits per heavy atom. The molecule has 0 heterocycles. The summed E-state index contributed by atoms with van der Waals surface area (Å²) in [6, 6.07) is 10.3. The van der Waals surface area contributed by atoms with E-state index >= 15 is 0 Å². The van der Waals surface area contributed by atoms with Crippen LogP contribution in [-0.4, -0.2) is 42.4 Å². The van der Waals surface area contributed by atoms with Crippen LogP contribution in [0, 0.1) is 5.82 Å². The van der Waals surface area contributed by atoms with Gasteiger partial charge in [0, 0.05) is 28.8 Å². The van der Waals surface area contributed by atoms with E-state index < -0.39 is 24.3 Å². The zero-order valence-corrected chi connectivity index (χ0v) is 17.1. The van der Waals surface area contributed by atoms with Crippen LogP contribution in [0.1, 0.15) is 34.6 Å². The smallest absolute Gasteiger partial charge is 0.341 e. The van der Waals surface area contributed by atoms with Crippen LogP contribution >= 0.6 is 15.9 Å². The predicted octanol–water partition coefficient (Wildman–Crippen LogP) is 3.87. The van der Waals surface area contributed by atoms with Crippen molar-refractivity contribution in [2.45, 2.75) is 13.8 Å². The highest BCUT2D eigenvalue weighted by Crippen LogP contribution is 2.16. The van der Waals surface area contributed by atoms with Gasteiger partial charge in [0.2, 0.25) is 0 Å². The standard InChI is InChI=1S/C20H20BrFN2O4/c1-3-24(4-2)19(26)13-5-8-15(9-6-13)23-18(25)12-28-20(27)16-10-7-14(21)11-17(16)22/h5-11H,3-4,12H2,1-2H3,(H,23,25). The summed E-state index contributed by atoms with van der Waals surface area (Å²) in [6.07, 6.45) is 0. The molecule has 0 bridgehead atoms. The summed E-state index contributed by atoms with van der Waals surface area (Å²) in [4.78, 5) is 37.8. The van der Waals surface area contributed by atoms with E-state index in [1.165, 1.54) is 12.1 Å². The molecule has 0 atom stereocenters. The largest absolute Gasteiger partial charge is 0.452 e. The predicted molar refractivity (Wildman–Crippen MR) is 107 cm³/mol. The highest BCUT2D eigenvalue weighted by atomic mass is 79.9. The zero-order chi connectivity index (χ0) is 20.7. The summed E-state index contributed by atoms with van der Waals surface area (Å²) >= 11 is 3.09. The molecule has 0 spiro atoms. The van der Waals surface area contributed by atoms with Gasteiger partial charge in [0.1, 0.15) is 5.82 Å². The van der Waals surface area contributed by atoms with Crippen molar-refractivity contribution in [3.63, 3.8) is 0 Å². The van der Waals surface area contributed by atoms with Gasteiger partial charge >= 0.3 is 5.97 Å². The average molecular weight is 451 g/mol. The third-order valence-corrected chi connectivity index (χ3v) is 4.44. The summed E-state index contributed by atoms with van der Waals surface area (Å²) in [6.45, 7) is 4.46. The van der Waals surface area contributed by atoms with Crippen molar-refractivity contribution in [1.29, 1.82) is 0 Å². The Hall–Kier alpha value is -2.74. The molecule has 2 aromatic rings. The first-order valence-electron chi connectivity index (χ1n) is 8.67. The second-order valence-corrected chi connectivity index (χ2v) is 6.72. The number of nitrogens with zero attached hydrogens (tertiary/aromatic N) is 1. The molecular weight excluding hydrogens is 431 g/mol. The highest BCUT2D eigenvalue weighted by Gasteiger charge is 2.16. The first kappa shape index (κ1) is 21.6. The monoisotopic (exact) mass is 450 g/mol. The molecule has 0 saturated carbocycles. The van der Waals surface area contributed by atoms with Gasteiger partial charge in [-0.25, -0.2) is 9.18 Å². The summed E-state index contributed by atoms with van der Waals surface area (Å²) < 4.78 is 19.0. The van der Waals surface area contributed by atoms with E-state index in [2.05, 4.69) is 21.2 Å². The molecule has 0 radical (unpaired) electrons. The number of anilines is 1. The van der Waals surface area contributed by atoms with E-state index in [1.54, 1.807) is 29.2 Å². The lowest BCUT2D eigenvalue weighted by molar-refractivity contribution is -0.119. The number of hydrogen-bond acceptors (Lipinski definition) is 4. The Balaban J connectivity index is 1.91. The van der Waals surface area contributed by atoms with Crippen molar-refractivity contribution in [2.75, 3.05) is 25.0 Å². The van der Waals surface area contributed by atoms with E-state index in [4.69, 9.17) is 4.74 Å². The quantitative estimate of drug-likeness (QED) is 0.649. The third-order valence-electron chi connectivity index (χ3n) is 3.95. The SMILES string of the molecule is CCN(CC)C(=O)c1ccc(NC(=O)COC(=O)c2ccc(Br)cc2F)cc1. The van der Waals surface area contributed by atoms with E-state index in [0.29, 0.717) is 28.8 Å². The van der Waals surface area contributed by atoms with Crippen LogP contribution in [0.4, 0.5) is 10.1 Å². The lowest BCUT2D eigenvalue weighted by Gasteiger charge is -2.18. The number of rotatable bonds is 7. The Morgan fingerprint density at radius 1 is 1.07 bits per heavy atom. The minimum atomic E-state index is -0.930. The Morgan fingerprint density at radius 2 is 1.71 bits per heavy atom. The van der Waals surface area contributed by atoms with E-state index in [1.807, 2.05) is 13.8 Å². The highest BCUT2D eigenvalue weighted by molar-refractivity contribution is 9.10. The molecule has 1 N–H and O–H groups in total. The molecule has 2 amide bonds. The van der Waals surface area contributed by atoms with Crippen LogP contribution < -0.4 is 5.32 Å². The van der Waals surface area contributed by atoms with Crippen molar-refractivity contribution in [3.8, 4) is 0 Å². The second-order valence-electron chi connectivity index (χ2n) is 5.80. The van der Waals surface area contributed by atoms with Crippen molar-refractivity contribution in [1.82, 2.24) is 4.90 Å². The number of benzene rings is 2. The lowest BCUT2D eigenvalue weighted by Crippen LogP contribution is -2.30. The molecule has 8 heteroatoms. The van der Waals surface area contributed by atoms with Crippen molar-refractivity contribution in [3.05, 3.63) is 63.9 Å². The normalized spacial score (nSPS) is 10.3. The third kappa shape index (κ3) is 5.63. The molecule has 0 fully saturated rings. The molecule has 148 valence electrons. The second kappa shape index (κ2) is 9.98. The van der Waals surface area contributed by atoms with Gasteiger partial charge in [-0.05, 0) is 56.3 Å². The molecule has 28 heavy (non-hydrogen) atoms. The number of amides is 2. The van der Waals surface area contributed by atoms with Gasteiger partial charge in [0.05, 0.1) is 5.56 Å². The topological polar surface area (TPSA) is 75.7 Å². The summed E-state index contributed by atoms with van der Waals surface area (Å²) in [5.74, 6) is -2.34. The van der Waals surface area contributed by atoms with Crippen LogP contribution in [0.15, 0.2) is 46.9 Å². The van der Waals surface area contributed by atoms with Gasteiger partial charge in [-0.3, -0.25) is 9.59 Å². The van der Waals surface area contributed by atoms with Gasteiger partial charge in [-0.1, -0.05) is 15.9 Å². The van der Waals surface area contributed by atoms with Gasteiger partial charge in [-0.2, -0.15) is 0 Å². The van der Waals surface area contributed by atoms with E-state index in [9.17, 15) is 18.8 Å². The Kier molecular flexibility index (Phi) is 7.69. The minimum absolute atomic E-state index is 0.0895. The molecule has 2 rings (SSSR count). The molecule has 2 aromatic carbocycles. The van der Waals surface area contributed by atoms with Gasteiger partial charge in [0.15, 0.2) is 6.61 Å². The number of hydrogen-bond donors (Lipinski definition) is 1. The van der Waals surface area contributed by atoms with Crippen LogP contribution in [0.5, 0.6) is 0 Å². The molecule has 0 aromatic heterocycles. The first-order valence-corrected chi connectivity index (χ1v) is 9.46. The van der Waals surface area contributed by atoms with Gasteiger partial charge in [0.25, 0.3) is 11.8 Å². The Labute approximate surface area is 170 Å². The molecule has 0 aliphatic heterocycles. The van der Waals surface area contributed by atoms with Crippen LogP contribution in [0.25, 0.3) is 0 Å². The number of esters is 1. The first-order chi connectivity index (χ1) is 13.3. The summed E-state index contributed by atoms with van der Waals surface area (Å²) in [5, 5.41) is 2.55. The van der Waals surface area contributed by atoms with Gasteiger partial charge in [-0.15, -0.1) is 0 Å². The maximum Gasteiger partial charge on any atom is 0.341 e. The molecular formula is C20H20BrFN2O4. The van der Waals surface area contributed by atoms with E-state index in [0.717, 1.165) is 6.07 Å². The number of nitrogens with one attached hydrogen (secondary N) is 1. The molecule has 0 aliphatic carbocycles. The number of ether oxygens (including phenoxy) is 1. The molecule has 6 nitrogen and oxygen atoms in total. The maximum absolute atomic E-state index is 13.7. The number of carbonyl (C=O) groups is 3. The fourth-order valence-electron chi connectivity index (χ4n) is 2.45. The Bertz CT molecular complexity index is 867. The minimum Gasteiger partial charge on any atom is -0.452 e. The maximum atomic E-state index is 13.7. The van der Waals surface area contributed by atoms with E-state index in [-0.39, 0.29) is 11.5 Å². The fourth-order valence-corrected chi connectivity index (χ4v) is 2.78. The molecule has 0 saturated heterocycles. The van der Waals surface area contributed by atoms with Crippen LogP contribution in [0.2, 0.25) is 0 Å². The number of carbonyl (C=O) groups excluding carboxylic acids is 3. The molecule has 0 unspecified atom stereocenters. The summed E-state index contributed by atoms with van der Waals surface area (Å²) in [7, 11) is 0. The zero-order valence-electron chi connectivity index (χ0n) is 15.5.